The molecule has 128 valence electrons. The van der Waals surface area contributed by atoms with E-state index < -0.39 is 10.0 Å². The predicted octanol–water partition coefficient (Wildman–Crippen LogP) is 3.53. The molecule has 25 heavy (non-hydrogen) atoms. The molecule has 0 radical (unpaired) electrons. The molecular formula is C17H15ClN4O2S. The molecule has 3 aromatic rings. The molecule has 0 saturated heterocycles. The standard InChI is InChI=1S/C17H15ClN4O2S/c1-21-17-12(10-19-21)11-22(16-5-3-2-4-15(16)20-17)25(23,24)14-8-6-13(18)7-9-14/h2-10,20H,11H2,1H3. The highest BCUT2D eigenvalue weighted by Gasteiger charge is 2.31. The number of benzene rings is 2. The molecule has 0 amide bonds. The third-order valence-electron chi connectivity index (χ3n) is 4.16. The lowest BCUT2D eigenvalue weighted by Gasteiger charge is -2.24. The second kappa shape index (κ2) is 5.79. The smallest absolute Gasteiger partial charge is 0.264 e. The Kier molecular flexibility index (Phi) is 3.70. The molecule has 0 atom stereocenters. The summed E-state index contributed by atoms with van der Waals surface area (Å²) in [5.74, 6) is 0.779. The summed E-state index contributed by atoms with van der Waals surface area (Å²) in [5, 5.41) is 8.01. The van der Waals surface area contributed by atoms with Gasteiger partial charge < -0.3 is 5.32 Å². The van der Waals surface area contributed by atoms with E-state index in [1.54, 1.807) is 29.1 Å². The topological polar surface area (TPSA) is 67.2 Å². The summed E-state index contributed by atoms with van der Waals surface area (Å²) in [6, 6.07) is 13.5. The van der Waals surface area contributed by atoms with Crippen LogP contribution in [0.2, 0.25) is 5.02 Å². The largest absolute Gasteiger partial charge is 0.338 e. The summed E-state index contributed by atoms with van der Waals surface area (Å²) in [6.07, 6.45) is 1.68. The Hall–Kier alpha value is -2.51. The molecule has 1 aliphatic rings. The monoisotopic (exact) mass is 374 g/mol. The molecule has 0 fully saturated rings. The van der Waals surface area contributed by atoms with E-state index in [0.29, 0.717) is 16.4 Å². The minimum Gasteiger partial charge on any atom is -0.338 e. The van der Waals surface area contributed by atoms with E-state index >= 15 is 0 Å². The zero-order chi connectivity index (χ0) is 17.6. The second-order valence-electron chi connectivity index (χ2n) is 5.75. The van der Waals surface area contributed by atoms with Gasteiger partial charge in [-0.15, -0.1) is 0 Å². The minimum atomic E-state index is -3.75. The number of sulfonamides is 1. The van der Waals surface area contributed by atoms with E-state index in [4.69, 9.17) is 11.6 Å². The Labute approximate surface area is 150 Å². The predicted molar refractivity (Wildman–Crippen MR) is 97.8 cm³/mol. The number of halogens is 1. The molecule has 0 saturated carbocycles. The van der Waals surface area contributed by atoms with Crippen LogP contribution in [0.1, 0.15) is 5.56 Å². The fraction of sp³-hybridized carbons (Fsp3) is 0.118. The van der Waals surface area contributed by atoms with Crippen molar-refractivity contribution in [2.75, 3.05) is 9.62 Å². The lowest BCUT2D eigenvalue weighted by atomic mass is 10.2. The van der Waals surface area contributed by atoms with Gasteiger partial charge in [0, 0.05) is 17.6 Å². The van der Waals surface area contributed by atoms with Crippen molar-refractivity contribution in [3.05, 3.63) is 65.3 Å². The summed E-state index contributed by atoms with van der Waals surface area (Å²) in [6.45, 7) is 0.193. The number of fused-ring (bicyclic) bond motifs is 2. The van der Waals surface area contributed by atoms with Gasteiger partial charge in [-0.05, 0) is 36.4 Å². The van der Waals surface area contributed by atoms with Crippen molar-refractivity contribution in [1.82, 2.24) is 9.78 Å². The Balaban J connectivity index is 1.89. The van der Waals surface area contributed by atoms with Gasteiger partial charge in [-0.1, -0.05) is 23.7 Å². The number of nitrogens with one attached hydrogen (secondary N) is 1. The average Bonchev–Trinajstić information content (AvgIpc) is 2.85. The second-order valence-corrected chi connectivity index (χ2v) is 8.05. The number of aryl methyl sites for hydroxylation is 1. The van der Waals surface area contributed by atoms with Crippen LogP contribution in [0.3, 0.4) is 0 Å². The lowest BCUT2D eigenvalue weighted by molar-refractivity contribution is 0.590. The zero-order valence-corrected chi connectivity index (χ0v) is 14.9. The molecule has 0 unspecified atom stereocenters. The fourth-order valence-corrected chi connectivity index (χ4v) is 4.46. The van der Waals surface area contributed by atoms with Crippen molar-refractivity contribution in [3.8, 4) is 0 Å². The maximum absolute atomic E-state index is 13.3. The van der Waals surface area contributed by atoms with Crippen molar-refractivity contribution in [1.29, 1.82) is 0 Å². The van der Waals surface area contributed by atoms with Crippen LogP contribution in [-0.2, 0) is 23.6 Å². The molecule has 4 rings (SSSR count). The number of hydrogen-bond acceptors (Lipinski definition) is 4. The van der Waals surface area contributed by atoms with Gasteiger partial charge in [0.2, 0.25) is 0 Å². The molecule has 0 spiro atoms. The van der Waals surface area contributed by atoms with Crippen molar-refractivity contribution < 1.29 is 8.42 Å². The Morgan fingerprint density at radius 1 is 1.12 bits per heavy atom. The highest BCUT2D eigenvalue weighted by Crippen LogP contribution is 2.38. The minimum absolute atomic E-state index is 0.193. The Morgan fingerprint density at radius 3 is 2.60 bits per heavy atom. The number of rotatable bonds is 2. The number of anilines is 3. The fourth-order valence-electron chi connectivity index (χ4n) is 2.87. The van der Waals surface area contributed by atoms with Crippen LogP contribution in [0, 0.1) is 0 Å². The molecule has 1 aliphatic heterocycles. The molecular weight excluding hydrogens is 360 g/mol. The number of hydrogen-bond donors (Lipinski definition) is 1. The highest BCUT2D eigenvalue weighted by atomic mass is 35.5. The van der Waals surface area contributed by atoms with Crippen molar-refractivity contribution in [2.24, 2.45) is 7.05 Å². The molecule has 0 bridgehead atoms. The number of aromatic nitrogens is 2. The molecule has 1 aromatic heterocycles. The first kappa shape index (κ1) is 16.0. The SMILES string of the molecule is Cn1ncc2c1Nc1ccccc1N(S(=O)(=O)c1ccc(Cl)cc1)C2. The first-order valence-corrected chi connectivity index (χ1v) is 9.44. The van der Waals surface area contributed by atoms with E-state index in [1.807, 2.05) is 25.2 Å². The summed E-state index contributed by atoms with van der Waals surface area (Å²) in [4.78, 5) is 0.194. The third-order valence-corrected chi connectivity index (χ3v) is 6.18. The van der Waals surface area contributed by atoms with E-state index in [-0.39, 0.29) is 11.4 Å². The lowest BCUT2D eigenvalue weighted by Crippen LogP contribution is -2.30. The first-order valence-electron chi connectivity index (χ1n) is 7.62. The number of nitrogens with zero attached hydrogens (tertiary/aromatic N) is 3. The highest BCUT2D eigenvalue weighted by molar-refractivity contribution is 7.92. The maximum Gasteiger partial charge on any atom is 0.264 e. The number of para-hydroxylation sites is 2. The van der Waals surface area contributed by atoms with E-state index in [9.17, 15) is 8.42 Å². The van der Waals surface area contributed by atoms with Crippen LogP contribution < -0.4 is 9.62 Å². The van der Waals surface area contributed by atoms with Crippen LogP contribution in [0.4, 0.5) is 17.2 Å². The van der Waals surface area contributed by atoms with Crippen LogP contribution in [0.25, 0.3) is 0 Å². The van der Waals surface area contributed by atoms with Gasteiger partial charge in [-0.25, -0.2) is 8.42 Å². The maximum atomic E-state index is 13.3. The van der Waals surface area contributed by atoms with Crippen LogP contribution in [-0.4, -0.2) is 18.2 Å². The molecule has 2 heterocycles. The first-order chi connectivity index (χ1) is 12.0. The average molecular weight is 375 g/mol. The van der Waals surface area contributed by atoms with Crippen molar-refractivity contribution in [3.63, 3.8) is 0 Å². The Morgan fingerprint density at radius 2 is 1.84 bits per heavy atom. The third kappa shape index (κ3) is 2.65. The summed E-state index contributed by atoms with van der Waals surface area (Å²) < 4.78 is 29.6. The quantitative estimate of drug-likeness (QED) is 0.745. The molecule has 1 N–H and O–H groups in total. The van der Waals surface area contributed by atoms with Gasteiger partial charge in [0.25, 0.3) is 10.0 Å². The normalized spacial score (nSPS) is 13.6. The van der Waals surface area contributed by atoms with Gasteiger partial charge >= 0.3 is 0 Å². The van der Waals surface area contributed by atoms with Crippen molar-refractivity contribution in [2.45, 2.75) is 11.4 Å². The summed E-state index contributed by atoms with van der Waals surface area (Å²) in [5.41, 5.74) is 2.10. The molecule has 6 nitrogen and oxygen atoms in total. The van der Waals surface area contributed by atoms with E-state index in [2.05, 4.69) is 10.4 Å². The van der Waals surface area contributed by atoms with E-state index in [1.165, 1.54) is 16.4 Å². The van der Waals surface area contributed by atoms with Crippen molar-refractivity contribution >= 4 is 38.8 Å². The Bertz CT molecular complexity index is 1040. The van der Waals surface area contributed by atoms with Crippen LogP contribution in [0.15, 0.2) is 59.6 Å². The van der Waals surface area contributed by atoms with Gasteiger partial charge in [0.15, 0.2) is 0 Å². The molecule has 0 aliphatic carbocycles. The van der Waals surface area contributed by atoms with Gasteiger partial charge in [-0.2, -0.15) is 5.10 Å². The molecule has 2 aromatic carbocycles. The molecule has 8 heteroatoms. The van der Waals surface area contributed by atoms with E-state index in [0.717, 1.165) is 11.4 Å². The summed E-state index contributed by atoms with van der Waals surface area (Å²) >= 11 is 5.89. The summed E-state index contributed by atoms with van der Waals surface area (Å²) in [7, 11) is -1.93. The van der Waals surface area contributed by atoms with Gasteiger partial charge in [0.05, 0.1) is 29.0 Å². The van der Waals surface area contributed by atoms with Crippen LogP contribution in [0.5, 0.6) is 0 Å². The van der Waals surface area contributed by atoms with Gasteiger partial charge in [0.1, 0.15) is 5.82 Å². The van der Waals surface area contributed by atoms with Crippen LogP contribution >= 0.6 is 11.6 Å². The van der Waals surface area contributed by atoms with Gasteiger partial charge in [-0.3, -0.25) is 8.99 Å². The zero-order valence-electron chi connectivity index (χ0n) is 13.3.